The standard InChI is InChI=1S/C16H20ClNO2S/c1-9-6-15(21-10(9)2)16(18-3)11-7-13(19-4)14(20-5)8-12(11)17/h6-8,16,18H,1-5H3. The summed E-state index contributed by atoms with van der Waals surface area (Å²) in [4.78, 5) is 2.56. The Hall–Kier alpha value is -1.23. The average molecular weight is 326 g/mol. The molecule has 0 radical (unpaired) electrons. The Morgan fingerprint density at radius 1 is 1.10 bits per heavy atom. The van der Waals surface area contributed by atoms with Gasteiger partial charge in [-0.1, -0.05) is 11.6 Å². The third-order valence-electron chi connectivity index (χ3n) is 3.57. The third-order valence-corrected chi connectivity index (χ3v) is 5.12. The van der Waals surface area contributed by atoms with E-state index in [4.69, 9.17) is 21.1 Å². The molecule has 1 aromatic heterocycles. The largest absolute Gasteiger partial charge is 0.493 e. The van der Waals surface area contributed by atoms with Gasteiger partial charge in [-0.15, -0.1) is 11.3 Å². The van der Waals surface area contributed by atoms with Crippen LogP contribution in [0.5, 0.6) is 11.5 Å². The Labute approximate surface area is 134 Å². The highest BCUT2D eigenvalue weighted by Gasteiger charge is 2.20. The van der Waals surface area contributed by atoms with Crippen LogP contribution < -0.4 is 14.8 Å². The fraction of sp³-hybridized carbons (Fsp3) is 0.375. The Morgan fingerprint density at radius 3 is 2.19 bits per heavy atom. The lowest BCUT2D eigenvalue weighted by molar-refractivity contribution is 0.354. The number of nitrogens with one attached hydrogen (secondary N) is 1. The van der Waals surface area contributed by atoms with Crippen molar-refractivity contribution in [2.75, 3.05) is 21.3 Å². The number of benzene rings is 1. The summed E-state index contributed by atoms with van der Waals surface area (Å²) in [5.74, 6) is 1.32. The molecule has 1 heterocycles. The molecule has 1 atom stereocenters. The van der Waals surface area contributed by atoms with Crippen molar-refractivity contribution in [2.45, 2.75) is 19.9 Å². The third kappa shape index (κ3) is 3.18. The molecule has 1 aromatic carbocycles. The molecule has 3 nitrogen and oxygen atoms in total. The summed E-state index contributed by atoms with van der Waals surface area (Å²) in [6, 6.07) is 5.98. The van der Waals surface area contributed by atoms with E-state index in [1.54, 1.807) is 31.6 Å². The van der Waals surface area contributed by atoms with Crippen LogP contribution in [0.15, 0.2) is 18.2 Å². The molecule has 0 fully saturated rings. The highest BCUT2D eigenvalue weighted by molar-refractivity contribution is 7.12. The van der Waals surface area contributed by atoms with Crippen LogP contribution >= 0.6 is 22.9 Å². The van der Waals surface area contributed by atoms with E-state index < -0.39 is 0 Å². The van der Waals surface area contributed by atoms with Crippen LogP contribution in [-0.4, -0.2) is 21.3 Å². The SMILES string of the molecule is CNC(c1cc(C)c(C)s1)c1cc(OC)c(OC)cc1Cl. The highest BCUT2D eigenvalue weighted by atomic mass is 35.5. The Kier molecular flexibility index (Phi) is 5.14. The monoisotopic (exact) mass is 325 g/mol. The van der Waals surface area contributed by atoms with Crippen LogP contribution in [0.1, 0.15) is 26.9 Å². The summed E-state index contributed by atoms with van der Waals surface area (Å²) in [5, 5.41) is 4.00. The number of ether oxygens (including phenoxy) is 2. The zero-order valence-electron chi connectivity index (χ0n) is 12.9. The fourth-order valence-electron chi connectivity index (χ4n) is 2.29. The average Bonchev–Trinajstić information content (AvgIpc) is 2.80. The predicted octanol–water partition coefficient (Wildman–Crippen LogP) is 4.34. The summed E-state index contributed by atoms with van der Waals surface area (Å²) >= 11 is 8.22. The lowest BCUT2D eigenvalue weighted by Crippen LogP contribution is -2.17. The molecular weight excluding hydrogens is 306 g/mol. The van der Waals surface area contributed by atoms with Gasteiger partial charge >= 0.3 is 0 Å². The molecule has 1 N–H and O–H groups in total. The van der Waals surface area contributed by atoms with Crippen molar-refractivity contribution in [3.8, 4) is 11.5 Å². The molecular formula is C16H20ClNO2S. The van der Waals surface area contributed by atoms with Crippen molar-refractivity contribution in [1.82, 2.24) is 5.32 Å². The molecule has 0 amide bonds. The second-order valence-corrected chi connectivity index (χ2v) is 6.53. The van der Waals surface area contributed by atoms with Gasteiger partial charge in [0.25, 0.3) is 0 Å². The Morgan fingerprint density at radius 2 is 1.71 bits per heavy atom. The smallest absolute Gasteiger partial charge is 0.162 e. The first-order valence-corrected chi connectivity index (χ1v) is 7.86. The van der Waals surface area contributed by atoms with Gasteiger partial charge in [-0.05, 0) is 44.2 Å². The minimum atomic E-state index is 0.0368. The van der Waals surface area contributed by atoms with Crippen molar-refractivity contribution >= 4 is 22.9 Å². The number of methoxy groups -OCH3 is 2. The van der Waals surface area contributed by atoms with Crippen molar-refractivity contribution in [3.63, 3.8) is 0 Å². The minimum Gasteiger partial charge on any atom is -0.493 e. The fourth-order valence-corrected chi connectivity index (χ4v) is 3.72. The number of hydrogen-bond donors (Lipinski definition) is 1. The lowest BCUT2D eigenvalue weighted by Gasteiger charge is -2.19. The summed E-state index contributed by atoms with van der Waals surface area (Å²) in [5.41, 5.74) is 2.28. The number of hydrogen-bond acceptors (Lipinski definition) is 4. The zero-order valence-corrected chi connectivity index (χ0v) is 14.5. The van der Waals surface area contributed by atoms with Gasteiger partial charge in [0, 0.05) is 20.8 Å². The second-order valence-electron chi connectivity index (χ2n) is 4.84. The quantitative estimate of drug-likeness (QED) is 0.886. The molecule has 0 spiro atoms. The lowest BCUT2D eigenvalue weighted by atomic mass is 10.0. The van der Waals surface area contributed by atoms with Crippen LogP contribution in [0, 0.1) is 13.8 Å². The molecule has 0 aliphatic heterocycles. The van der Waals surface area contributed by atoms with Crippen molar-refractivity contribution < 1.29 is 9.47 Å². The van der Waals surface area contributed by atoms with Crippen LogP contribution in [-0.2, 0) is 0 Å². The predicted molar refractivity (Wildman–Crippen MR) is 89.3 cm³/mol. The molecule has 0 saturated heterocycles. The van der Waals surface area contributed by atoms with E-state index in [9.17, 15) is 0 Å². The molecule has 0 aliphatic carbocycles. The van der Waals surface area contributed by atoms with Crippen LogP contribution in [0.4, 0.5) is 0 Å². The maximum absolute atomic E-state index is 6.44. The highest BCUT2D eigenvalue weighted by Crippen LogP contribution is 2.39. The van der Waals surface area contributed by atoms with Crippen molar-refractivity contribution in [1.29, 1.82) is 0 Å². The Balaban J connectivity index is 2.51. The first-order chi connectivity index (χ1) is 10.0. The summed E-state index contributed by atoms with van der Waals surface area (Å²) in [7, 11) is 5.17. The van der Waals surface area contributed by atoms with Gasteiger partial charge in [0.1, 0.15) is 0 Å². The zero-order chi connectivity index (χ0) is 15.6. The van der Waals surface area contributed by atoms with Gasteiger partial charge in [-0.3, -0.25) is 0 Å². The van der Waals surface area contributed by atoms with Crippen molar-refractivity contribution in [2.24, 2.45) is 0 Å². The van der Waals surface area contributed by atoms with E-state index in [1.165, 1.54) is 15.3 Å². The van der Waals surface area contributed by atoms with Gasteiger partial charge in [0.2, 0.25) is 0 Å². The number of thiophene rings is 1. The first-order valence-electron chi connectivity index (χ1n) is 6.67. The maximum Gasteiger partial charge on any atom is 0.162 e. The molecule has 0 aliphatic rings. The van der Waals surface area contributed by atoms with Crippen LogP contribution in [0.2, 0.25) is 5.02 Å². The molecule has 0 bridgehead atoms. The van der Waals surface area contributed by atoms with E-state index in [1.807, 2.05) is 13.1 Å². The number of halogens is 1. The van der Waals surface area contributed by atoms with E-state index in [0.29, 0.717) is 16.5 Å². The van der Waals surface area contributed by atoms with Gasteiger partial charge in [-0.25, -0.2) is 0 Å². The number of aryl methyl sites for hydroxylation is 2. The molecule has 5 heteroatoms. The van der Waals surface area contributed by atoms with E-state index in [2.05, 4.69) is 25.2 Å². The molecule has 114 valence electrons. The summed E-state index contributed by atoms with van der Waals surface area (Å²) in [6.45, 7) is 4.25. The van der Waals surface area contributed by atoms with Gasteiger partial charge in [-0.2, -0.15) is 0 Å². The van der Waals surface area contributed by atoms with E-state index >= 15 is 0 Å². The topological polar surface area (TPSA) is 30.5 Å². The van der Waals surface area contributed by atoms with E-state index in [-0.39, 0.29) is 6.04 Å². The van der Waals surface area contributed by atoms with Gasteiger partial charge in [0.05, 0.1) is 20.3 Å². The summed E-state index contributed by atoms with van der Waals surface area (Å²) in [6.07, 6.45) is 0. The first kappa shape index (κ1) is 16.1. The molecule has 2 rings (SSSR count). The minimum absolute atomic E-state index is 0.0368. The molecule has 21 heavy (non-hydrogen) atoms. The maximum atomic E-state index is 6.44. The van der Waals surface area contributed by atoms with E-state index in [0.717, 1.165) is 5.56 Å². The normalized spacial score (nSPS) is 12.3. The molecule has 2 aromatic rings. The van der Waals surface area contributed by atoms with Gasteiger partial charge < -0.3 is 14.8 Å². The van der Waals surface area contributed by atoms with Crippen LogP contribution in [0.25, 0.3) is 0 Å². The van der Waals surface area contributed by atoms with Crippen LogP contribution in [0.3, 0.4) is 0 Å². The van der Waals surface area contributed by atoms with Crippen molar-refractivity contribution in [3.05, 3.63) is 44.1 Å². The molecule has 1 unspecified atom stereocenters. The summed E-state index contributed by atoms with van der Waals surface area (Å²) < 4.78 is 10.7. The molecule has 0 saturated carbocycles. The number of rotatable bonds is 5. The second kappa shape index (κ2) is 6.69. The van der Waals surface area contributed by atoms with Gasteiger partial charge in [0.15, 0.2) is 11.5 Å². The Bertz CT molecular complexity index is 620.